The second kappa shape index (κ2) is 7.31. The van der Waals surface area contributed by atoms with Crippen molar-refractivity contribution in [3.8, 4) is 0 Å². The largest absolute Gasteiger partial charge is 0.0683 e. The summed E-state index contributed by atoms with van der Waals surface area (Å²) >= 11 is 0. The van der Waals surface area contributed by atoms with Crippen LogP contribution in [0.25, 0.3) is 0 Å². The van der Waals surface area contributed by atoms with Crippen LogP contribution in [0.3, 0.4) is 0 Å². The smallest absolute Gasteiger partial charge is 0 e. The highest BCUT2D eigenvalue weighted by molar-refractivity contribution is 4.76. The first-order chi connectivity index (χ1) is 6.97. The number of hydrogen-bond acceptors (Lipinski definition) is 0. The lowest BCUT2D eigenvalue weighted by Gasteiger charge is -2.32. The highest BCUT2D eigenvalue weighted by Crippen LogP contribution is 2.37. The molecule has 0 spiro atoms. The highest BCUT2D eigenvalue weighted by Gasteiger charge is 2.24. The summed E-state index contributed by atoms with van der Waals surface area (Å²) in [5.41, 5.74) is 0. The maximum absolute atomic E-state index is 2.00. The number of rotatable bonds is 1. The fraction of sp³-hybridized carbons (Fsp3) is 1.00. The zero-order valence-electron chi connectivity index (χ0n) is 10.2. The van der Waals surface area contributed by atoms with E-state index in [0.29, 0.717) is 0 Å². The van der Waals surface area contributed by atoms with Crippen molar-refractivity contribution < 1.29 is 1.43 Å². The van der Waals surface area contributed by atoms with Crippen LogP contribution in [-0.2, 0) is 0 Å². The van der Waals surface area contributed by atoms with Crippen molar-refractivity contribution >= 4 is 0 Å². The van der Waals surface area contributed by atoms with Crippen LogP contribution < -0.4 is 0 Å². The van der Waals surface area contributed by atoms with Gasteiger partial charge in [0.15, 0.2) is 0 Å². The standard InChI is InChI=1S/C12H22.C2H6.H2/c1-3-7-11(8-4-1)12-9-5-2-6-10-12;1-2;/h11-12H,1-10H2;1-2H3;1H. The van der Waals surface area contributed by atoms with Gasteiger partial charge in [-0.15, -0.1) is 0 Å². The van der Waals surface area contributed by atoms with Crippen LogP contribution in [0.1, 0.15) is 79.5 Å². The zero-order chi connectivity index (χ0) is 10.2. The average molecular weight is 198 g/mol. The first-order valence-electron chi connectivity index (χ1n) is 6.97. The third kappa shape index (κ3) is 3.63. The molecule has 2 aliphatic rings. The Hall–Kier alpha value is 0. The molecule has 0 heterocycles. The van der Waals surface area contributed by atoms with E-state index in [1.54, 1.807) is 25.7 Å². The molecule has 2 rings (SSSR count). The molecule has 0 saturated heterocycles. The molecule has 0 atom stereocenters. The molecular formula is C14H30. The van der Waals surface area contributed by atoms with Gasteiger partial charge in [-0.05, 0) is 11.8 Å². The lowest BCUT2D eigenvalue weighted by Crippen LogP contribution is -2.20. The Morgan fingerprint density at radius 3 is 1.14 bits per heavy atom. The molecule has 0 nitrogen and oxygen atoms in total. The van der Waals surface area contributed by atoms with Gasteiger partial charge in [0.25, 0.3) is 0 Å². The molecule has 2 saturated carbocycles. The van der Waals surface area contributed by atoms with Crippen LogP contribution in [-0.4, -0.2) is 0 Å². The van der Waals surface area contributed by atoms with Gasteiger partial charge in [0.2, 0.25) is 0 Å². The lowest BCUT2D eigenvalue weighted by molar-refractivity contribution is 0.196. The molecule has 0 amide bonds. The van der Waals surface area contributed by atoms with Gasteiger partial charge >= 0.3 is 0 Å². The molecule has 0 aromatic carbocycles. The Balaban J connectivity index is 0.000000617. The van der Waals surface area contributed by atoms with Crippen molar-refractivity contribution in [2.24, 2.45) is 11.8 Å². The second-order valence-electron chi connectivity index (χ2n) is 4.80. The van der Waals surface area contributed by atoms with E-state index in [1.807, 2.05) is 13.8 Å². The maximum atomic E-state index is 2.00. The molecule has 0 heteroatoms. The van der Waals surface area contributed by atoms with Crippen molar-refractivity contribution in [1.82, 2.24) is 0 Å². The van der Waals surface area contributed by atoms with E-state index < -0.39 is 0 Å². The van der Waals surface area contributed by atoms with Crippen molar-refractivity contribution in [1.29, 1.82) is 0 Å². The van der Waals surface area contributed by atoms with Gasteiger partial charge in [-0.25, -0.2) is 0 Å². The van der Waals surface area contributed by atoms with Crippen molar-refractivity contribution in [2.45, 2.75) is 78.1 Å². The minimum atomic E-state index is 0. The summed E-state index contributed by atoms with van der Waals surface area (Å²) in [5, 5.41) is 0. The van der Waals surface area contributed by atoms with E-state index in [2.05, 4.69) is 0 Å². The van der Waals surface area contributed by atoms with Crippen LogP contribution >= 0.6 is 0 Å². The summed E-state index contributed by atoms with van der Waals surface area (Å²) in [4.78, 5) is 0. The van der Waals surface area contributed by atoms with Crippen LogP contribution in [0.15, 0.2) is 0 Å². The minimum Gasteiger partial charge on any atom is -0.0683 e. The summed E-state index contributed by atoms with van der Waals surface area (Å²) < 4.78 is 0. The first kappa shape index (κ1) is 12.1. The van der Waals surface area contributed by atoms with Crippen molar-refractivity contribution in [3.05, 3.63) is 0 Å². The second-order valence-corrected chi connectivity index (χ2v) is 4.80. The fourth-order valence-electron chi connectivity index (χ4n) is 3.21. The summed E-state index contributed by atoms with van der Waals surface area (Å²) in [7, 11) is 0. The van der Waals surface area contributed by atoms with E-state index in [1.165, 1.54) is 38.5 Å². The normalized spacial score (nSPS) is 25.3. The molecule has 0 aliphatic heterocycles. The van der Waals surface area contributed by atoms with Gasteiger partial charge in [0.05, 0.1) is 0 Å². The first-order valence-corrected chi connectivity index (χ1v) is 6.97. The molecule has 0 aromatic rings. The topological polar surface area (TPSA) is 0 Å². The fourth-order valence-corrected chi connectivity index (χ4v) is 3.21. The monoisotopic (exact) mass is 198 g/mol. The Bertz CT molecular complexity index is 105. The summed E-state index contributed by atoms with van der Waals surface area (Å²) in [6, 6.07) is 0. The molecule has 14 heavy (non-hydrogen) atoms. The van der Waals surface area contributed by atoms with Crippen LogP contribution in [0.2, 0.25) is 0 Å². The summed E-state index contributed by atoms with van der Waals surface area (Å²) in [6.45, 7) is 4.00. The van der Waals surface area contributed by atoms with Gasteiger partial charge < -0.3 is 0 Å². The average Bonchev–Trinajstić information content (AvgIpc) is 2.34. The molecule has 86 valence electrons. The molecule has 2 aliphatic carbocycles. The van der Waals surface area contributed by atoms with Gasteiger partial charge in [0.1, 0.15) is 0 Å². The Morgan fingerprint density at radius 2 is 0.857 bits per heavy atom. The SMILES string of the molecule is C1CCC(C2CCCCC2)CC1.CC.[HH]. The molecule has 0 radical (unpaired) electrons. The highest BCUT2D eigenvalue weighted by atomic mass is 14.3. The van der Waals surface area contributed by atoms with E-state index >= 15 is 0 Å². The van der Waals surface area contributed by atoms with Crippen molar-refractivity contribution in [3.63, 3.8) is 0 Å². The Kier molecular flexibility index (Phi) is 6.31. The molecule has 0 N–H and O–H groups in total. The molecule has 0 bridgehead atoms. The van der Waals surface area contributed by atoms with Gasteiger partial charge in [-0.3, -0.25) is 0 Å². The molecular weight excluding hydrogens is 168 g/mol. The zero-order valence-corrected chi connectivity index (χ0v) is 10.2. The third-order valence-electron chi connectivity index (χ3n) is 3.97. The van der Waals surface area contributed by atoms with E-state index in [4.69, 9.17) is 0 Å². The lowest BCUT2D eigenvalue weighted by atomic mass is 9.73. The Labute approximate surface area is 92.0 Å². The van der Waals surface area contributed by atoms with Crippen molar-refractivity contribution in [2.75, 3.05) is 0 Å². The Morgan fingerprint density at radius 1 is 0.571 bits per heavy atom. The molecule has 2 fully saturated rings. The van der Waals surface area contributed by atoms with Gasteiger partial charge in [-0.1, -0.05) is 78.1 Å². The quantitative estimate of drug-likeness (QED) is 0.528. The predicted octanol–water partition coefficient (Wildman–Crippen LogP) is 5.42. The maximum Gasteiger partial charge on any atom is 0 e. The van der Waals surface area contributed by atoms with Crippen LogP contribution in [0.4, 0.5) is 0 Å². The predicted molar refractivity (Wildman–Crippen MR) is 66.6 cm³/mol. The van der Waals surface area contributed by atoms with Gasteiger partial charge in [-0.2, -0.15) is 0 Å². The van der Waals surface area contributed by atoms with Gasteiger partial charge in [0, 0.05) is 1.43 Å². The summed E-state index contributed by atoms with van der Waals surface area (Å²) in [6.07, 6.45) is 15.4. The minimum absolute atomic E-state index is 0. The van der Waals surface area contributed by atoms with Crippen LogP contribution in [0.5, 0.6) is 0 Å². The van der Waals surface area contributed by atoms with E-state index in [-0.39, 0.29) is 1.43 Å². The number of hydrogen-bond donors (Lipinski definition) is 0. The van der Waals surface area contributed by atoms with E-state index in [0.717, 1.165) is 11.8 Å². The van der Waals surface area contributed by atoms with Crippen LogP contribution in [0, 0.1) is 11.8 Å². The van der Waals surface area contributed by atoms with E-state index in [9.17, 15) is 0 Å². The molecule has 0 aromatic heterocycles. The molecule has 0 unspecified atom stereocenters. The summed E-state index contributed by atoms with van der Waals surface area (Å²) in [5.74, 6) is 2.28. The third-order valence-corrected chi connectivity index (χ3v) is 3.97.